The van der Waals surface area contributed by atoms with E-state index in [-0.39, 0.29) is 18.5 Å². The van der Waals surface area contributed by atoms with Crippen LogP contribution in [0.5, 0.6) is 0 Å². The Balaban J connectivity index is 1.64. The molecule has 1 atom stereocenters. The predicted molar refractivity (Wildman–Crippen MR) is 139 cm³/mol. The number of hydrogen-bond donors (Lipinski definition) is 2. The smallest absolute Gasteiger partial charge is 0.243 e. The van der Waals surface area contributed by atoms with Crippen molar-refractivity contribution in [1.82, 2.24) is 24.8 Å². The van der Waals surface area contributed by atoms with Crippen molar-refractivity contribution in [2.24, 2.45) is 0 Å². The summed E-state index contributed by atoms with van der Waals surface area (Å²) in [6.07, 6.45) is 1.99. The number of likely N-dealkylation sites (tertiary alicyclic amines) is 1. The number of nitrogens with zero attached hydrogens (tertiary/aromatic N) is 4. The number of hydrogen-bond acceptors (Lipinski definition) is 6. The molecule has 184 valence electrons. The van der Waals surface area contributed by atoms with E-state index in [9.17, 15) is 9.60 Å². The Morgan fingerprint density at radius 3 is 2.60 bits per heavy atom. The Hall–Kier alpha value is -2.91. The topological polar surface area (TPSA) is 76.1 Å². The van der Waals surface area contributed by atoms with Crippen LogP contribution in [0.4, 0.5) is 21.8 Å². The van der Waals surface area contributed by atoms with Gasteiger partial charge in [-0.3, -0.25) is 9.96 Å². The molecule has 3 heterocycles. The van der Waals surface area contributed by atoms with Crippen LogP contribution in [0.25, 0.3) is 11.3 Å². The van der Waals surface area contributed by atoms with Gasteiger partial charge in [0.15, 0.2) is 0 Å². The number of fused-ring (bicyclic) bond motifs is 1. The summed E-state index contributed by atoms with van der Waals surface area (Å²) in [5.41, 5.74) is 4.60. The maximum atomic E-state index is 14.5. The number of quaternary nitrogens is 1. The Bertz CT molecular complexity index is 1230. The van der Waals surface area contributed by atoms with Crippen molar-refractivity contribution in [2.75, 3.05) is 31.6 Å². The number of benzene rings is 2. The molecule has 0 bridgehead atoms. The number of halogens is 1. The van der Waals surface area contributed by atoms with E-state index < -0.39 is 4.65 Å². The van der Waals surface area contributed by atoms with E-state index in [2.05, 4.69) is 22.5 Å². The lowest BCUT2D eigenvalue weighted by Gasteiger charge is -2.45. The normalized spacial score (nSPS) is 21.1. The van der Waals surface area contributed by atoms with E-state index in [1.54, 1.807) is 6.07 Å². The summed E-state index contributed by atoms with van der Waals surface area (Å²) < 4.78 is 13.2. The standard InChI is InChI=1S/C27H33FN6O/c1-4-33-13-11-21(12-14-33)30-27-31-25(22-10-9-20(28)15-19(22)3)23-16-29-17-34(35,26(23)32-27)24-8-6-5-7-18(24)2/h5-10,15,21,29H,4,11-14,16-17H2,1-3H3,(H,30,31,32). The van der Waals surface area contributed by atoms with Gasteiger partial charge in [0.2, 0.25) is 11.8 Å². The zero-order valence-electron chi connectivity index (χ0n) is 20.6. The molecule has 0 amide bonds. The second kappa shape index (κ2) is 9.62. The molecule has 0 spiro atoms. The highest BCUT2D eigenvalue weighted by atomic mass is 19.1. The van der Waals surface area contributed by atoms with Crippen molar-refractivity contribution >= 4 is 17.5 Å². The molecule has 1 aromatic heterocycles. The first-order chi connectivity index (χ1) is 16.9. The number of nitrogens with one attached hydrogen (secondary N) is 2. The minimum atomic E-state index is -0.708. The lowest BCUT2D eigenvalue weighted by Crippen LogP contribution is -2.50. The van der Waals surface area contributed by atoms with Crippen LogP contribution in [0.1, 0.15) is 36.5 Å². The molecule has 5 rings (SSSR count). The van der Waals surface area contributed by atoms with Crippen molar-refractivity contribution in [3.05, 3.63) is 70.2 Å². The van der Waals surface area contributed by atoms with Crippen LogP contribution in [0, 0.1) is 24.9 Å². The van der Waals surface area contributed by atoms with Gasteiger partial charge in [0.05, 0.1) is 11.3 Å². The van der Waals surface area contributed by atoms with Crippen LogP contribution >= 0.6 is 0 Å². The predicted octanol–water partition coefficient (Wildman–Crippen LogP) is 4.99. The molecule has 2 aliphatic rings. The Morgan fingerprint density at radius 2 is 1.89 bits per heavy atom. The first-order valence-electron chi connectivity index (χ1n) is 12.4. The zero-order chi connectivity index (χ0) is 24.6. The molecule has 35 heavy (non-hydrogen) atoms. The van der Waals surface area contributed by atoms with E-state index in [4.69, 9.17) is 9.97 Å². The molecule has 1 saturated heterocycles. The van der Waals surface area contributed by atoms with E-state index in [1.807, 2.05) is 38.1 Å². The molecule has 2 aromatic carbocycles. The van der Waals surface area contributed by atoms with Crippen LogP contribution < -0.4 is 15.3 Å². The molecule has 2 N–H and O–H groups in total. The van der Waals surface area contributed by atoms with Crippen molar-refractivity contribution in [1.29, 1.82) is 0 Å². The van der Waals surface area contributed by atoms with Crippen molar-refractivity contribution in [3.8, 4) is 11.3 Å². The first-order valence-corrected chi connectivity index (χ1v) is 12.4. The molecular weight excluding hydrogens is 443 g/mol. The number of aryl methyl sites for hydroxylation is 2. The van der Waals surface area contributed by atoms with Crippen LogP contribution in [-0.4, -0.2) is 47.2 Å². The molecule has 0 saturated carbocycles. The number of piperidine rings is 1. The first kappa shape index (κ1) is 23.8. The summed E-state index contributed by atoms with van der Waals surface area (Å²) in [6, 6.07) is 12.6. The maximum absolute atomic E-state index is 14.5. The molecule has 1 unspecified atom stereocenters. The van der Waals surface area contributed by atoms with Crippen molar-refractivity contribution < 1.29 is 4.39 Å². The number of para-hydroxylation sites is 1. The molecule has 3 aromatic rings. The molecule has 1 fully saturated rings. The molecule has 0 aliphatic carbocycles. The van der Waals surface area contributed by atoms with Crippen LogP contribution in [0.2, 0.25) is 0 Å². The summed E-state index contributed by atoms with van der Waals surface area (Å²) in [4.78, 5) is 12.2. The van der Waals surface area contributed by atoms with Gasteiger partial charge >= 0.3 is 0 Å². The van der Waals surface area contributed by atoms with Crippen molar-refractivity contribution in [3.63, 3.8) is 0 Å². The van der Waals surface area contributed by atoms with Crippen LogP contribution in [0.15, 0.2) is 42.5 Å². The third-order valence-corrected chi connectivity index (χ3v) is 7.28. The lowest BCUT2D eigenvalue weighted by molar-refractivity contribution is 0.229. The highest BCUT2D eigenvalue weighted by Gasteiger charge is 2.36. The fourth-order valence-corrected chi connectivity index (χ4v) is 5.27. The summed E-state index contributed by atoms with van der Waals surface area (Å²) in [6.45, 7) is 9.77. The summed E-state index contributed by atoms with van der Waals surface area (Å²) >= 11 is 0. The summed E-state index contributed by atoms with van der Waals surface area (Å²) in [5.74, 6) is 0.619. The Kier molecular flexibility index (Phi) is 6.55. The van der Waals surface area contributed by atoms with E-state index in [0.717, 1.165) is 54.7 Å². The third kappa shape index (κ3) is 4.54. The average molecular weight is 477 g/mol. The molecule has 7 nitrogen and oxygen atoms in total. The van der Waals surface area contributed by atoms with Gasteiger partial charge in [0, 0.05) is 42.9 Å². The maximum Gasteiger partial charge on any atom is 0.243 e. The van der Waals surface area contributed by atoms with Crippen molar-refractivity contribution in [2.45, 2.75) is 46.2 Å². The fraction of sp³-hybridized carbons (Fsp3) is 0.407. The van der Waals surface area contributed by atoms with Gasteiger partial charge < -0.3 is 15.4 Å². The lowest BCUT2D eigenvalue weighted by atomic mass is 9.99. The third-order valence-electron chi connectivity index (χ3n) is 7.28. The highest BCUT2D eigenvalue weighted by molar-refractivity contribution is 5.75. The SMILES string of the molecule is CCN1CCC(Nc2nc(-c3ccc(F)cc3C)c3c(n2)[N+]([O-])(c2ccccc2C)CNC3)CC1. The second-order valence-electron chi connectivity index (χ2n) is 9.62. The fourth-order valence-electron chi connectivity index (χ4n) is 5.27. The molecule has 0 radical (unpaired) electrons. The summed E-state index contributed by atoms with van der Waals surface area (Å²) in [5, 5.41) is 21.3. The summed E-state index contributed by atoms with van der Waals surface area (Å²) in [7, 11) is 0. The largest absolute Gasteiger partial charge is 0.620 e. The highest BCUT2D eigenvalue weighted by Crippen LogP contribution is 2.42. The number of rotatable bonds is 5. The zero-order valence-corrected chi connectivity index (χ0v) is 20.6. The van der Waals surface area contributed by atoms with Gasteiger partial charge in [-0.15, -0.1) is 0 Å². The Labute approximate surface area is 206 Å². The minimum Gasteiger partial charge on any atom is -0.620 e. The second-order valence-corrected chi connectivity index (χ2v) is 9.62. The quantitative estimate of drug-likeness (QED) is 0.399. The van der Waals surface area contributed by atoms with Gasteiger partial charge in [-0.1, -0.05) is 25.1 Å². The number of aromatic nitrogens is 2. The van der Waals surface area contributed by atoms with Crippen LogP contribution in [-0.2, 0) is 6.54 Å². The van der Waals surface area contributed by atoms with Gasteiger partial charge in [0.1, 0.15) is 18.2 Å². The average Bonchev–Trinajstić information content (AvgIpc) is 2.85. The molecule has 8 heteroatoms. The van der Waals surface area contributed by atoms with Gasteiger partial charge in [0.25, 0.3) is 0 Å². The Morgan fingerprint density at radius 1 is 1.11 bits per heavy atom. The number of anilines is 1. The van der Waals surface area contributed by atoms with Gasteiger partial charge in [-0.2, -0.15) is 4.98 Å². The van der Waals surface area contributed by atoms with E-state index in [1.165, 1.54) is 12.1 Å². The molecular formula is C27H33FN6O. The van der Waals surface area contributed by atoms with E-state index >= 15 is 0 Å². The minimum absolute atomic E-state index is 0.186. The molecule has 2 aliphatic heterocycles. The van der Waals surface area contributed by atoms with Gasteiger partial charge in [-0.25, -0.2) is 9.37 Å². The monoisotopic (exact) mass is 476 g/mol. The van der Waals surface area contributed by atoms with Crippen LogP contribution in [0.3, 0.4) is 0 Å². The van der Waals surface area contributed by atoms with Gasteiger partial charge in [-0.05, 0) is 57.0 Å². The van der Waals surface area contributed by atoms with E-state index in [0.29, 0.717) is 29.7 Å². The number of hydroxylamine groups is 1.